The standard InChI is InChI=1S/C14H16Cl2N4O4S/c1-8(7-21)19-25(23,24)10-6-20(2)13(12(10)16)14(22)18-9-3-4-17-11(15)5-9/h3-6,8,19,21H,7H2,1-2H3,(H,17,18,22)/t8-/m1/s1. The van der Waals surface area contributed by atoms with Gasteiger partial charge in [-0.1, -0.05) is 23.2 Å². The van der Waals surface area contributed by atoms with Crippen LogP contribution in [-0.4, -0.2) is 41.6 Å². The molecule has 0 aromatic carbocycles. The Morgan fingerprint density at radius 1 is 1.44 bits per heavy atom. The molecule has 8 nitrogen and oxygen atoms in total. The lowest BCUT2D eigenvalue weighted by Gasteiger charge is -2.10. The zero-order chi connectivity index (χ0) is 18.8. The van der Waals surface area contributed by atoms with Gasteiger partial charge in [0, 0.05) is 31.2 Å². The molecule has 0 unspecified atom stereocenters. The molecule has 2 aromatic heterocycles. The van der Waals surface area contributed by atoms with E-state index in [1.165, 1.54) is 43.1 Å². The number of anilines is 1. The number of pyridine rings is 1. The first-order chi connectivity index (χ1) is 11.7. The Balaban J connectivity index is 2.34. The van der Waals surface area contributed by atoms with Gasteiger partial charge < -0.3 is 15.0 Å². The second-order valence-corrected chi connectivity index (χ2v) is 7.74. The summed E-state index contributed by atoms with van der Waals surface area (Å²) in [6, 6.07) is 2.28. The van der Waals surface area contributed by atoms with E-state index in [9.17, 15) is 13.2 Å². The van der Waals surface area contributed by atoms with Crippen LogP contribution in [0.15, 0.2) is 29.4 Å². The highest BCUT2D eigenvalue weighted by atomic mass is 35.5. The maximum absolute atomic E-state index is 12.5. The van der Waals surface area contributed by atoms with Crippen molar-refractivity contribution in [1.82, 2.24) is 14.3 Å². The topological polar surface area (TPSA) is 113 Å². The molecule has 0 radical (unpaired) electrons. The van der Waals surface area contributed by atoms with E-state index in [2.05, 4.69) is 15.0 Å². The van der Waals surface area contributed by atoms with Crippen molar-refractivity contribution in [2.75, 3.05) is 11.9 Å². The number of aliphatic hydroxyl groups is 1. The average molecular weight is 407 g/mol. The number of hydrogen-bond donors (Lipinski definition) is 3. The molecule has 0 fully saturated rings. The quantitative estimate of drug-likeness (QED) is 0.630. The van der Waals surface area contributed by atoms with Gasteiger partial charge in [-0.15, -0.1) is 0 Å². The Morgan fingerprint density at radius 3 is 2.72 bits per heavy atom. The largest absolute Gasteiger partial charge is 0.395 e. The Bertz CT molecular complexity index is 898. The minimum absolute atomic E-state index is 0.0355. The van der Waals surface area contributed by atoms with Crippen LogP contribution in [0.25, 0.3) is 0 Å². The number of nitrogens with one attached hydrogen (secondary N) is 2. The minimum atomic E-state index is -3.99. The fourth-order valence-corrected chi connectivity index (χ4v) is 4.16. The van der Waals surface area contributed by atoms with E-state index in [1.54, 1.807) is 0 Å². The third-order valence-corrected chi connectivity index (χ3v) is 5.51. The number of hydrogen-bond acceptors (Lipinski definition) is 5. The molecule has 0 spiro atoms. The molecule has 25 heavy (non-hydrogen) atoms. The summed E-state index contributed by atoms with van der Waals surface area (Å²) < 4.78 is 28.2. The van der Waals surface area contributed by atoms with Crippen molar-refractivity contribution in [2.24, 2.45) is 7.05 Å². The predicted molar refractivity (Wildman–Crippen MR) is 94.5 cm³/mol. The van der Waals surface area contributed by atoms with Crippen LogP contribution in [0.1, 0.15) is 17.4 Å². The van der Waals surface area contributed by atoms with E-state index in [0.29, 0.717) is 5.69 Å². The highest BCUT2D eigenvalue weighted by molar-refractivity contribution is 7.89. The van der Waals surface area contributed by atoms with Gasteiger partial charge in [0.25, 0.3) is 5.91 Å². The first kappa shape index (κ1) is 19.7. The summed E-state index contributed by atoms with van der Waals surface area (Å²) in [5, 5.41) is 11.5. The van der Waals surface area contributed by atoms with Crippen LogP contribution >= 0.6 is 23.2 Å². The van der Waals surface area contributed by atoms with Crippen molar-refractivity contribution in [3.05, 3.63) is 40.4 Å². The lowest BCUT2D eigenvalue weighted by molar-refractivity contribution is 0.101. The van der Waals surface area contributed by atoms with Crippen molar-refractivity contribution < 1.29 is 18.3 Å². The van der Waals surface area contributed by atoms with E-state index in [4.69, 9.17) is 28.3 Å². The lowest BCUT2D eigenvalue weighted by atomic mass is 10.3. The smallest absolute Gasteiger partial charge is 0.273 e. The maximum Gasteiger partial charge on any atom is 0.273 e. The van der Waals surface area contributed by atoms with E-state index >= 15 is 0 Å². The van der Waals surface area contributed by atoms with Gasteiger partial charge >= 0.3 is 0 Å². The number of nitrogens with zero attached hydrogens (tertiary/aromatic N) is 2. The Morgan fingerprint density at radius 2 is 2.12 bits per heavy atom. The first-order valence-electron chi connectivity index (χ1n) is 7.06. The van der Waals surface area contributed by atoms with Crippen molar-refractivity contribution in [3.8, 4) is 0 Å². The summed E-state index contributed by atoms with van der Waals surface area (Å²) in [6.07, 6.45) is 2.64. The van der Waals surface area contributed by atoms with E-state index in [-0.39, 0.29) is 27.4 Å². The molecular weight excluding hydrogens is 391 g/mol. The number of amides is 1. The van der Waals surface area contributed by atoms with Crippen LogP contribution in [0.3, 0.4) is 0 Å². The third kappa shape index (κ3) is 4.50. The maximum atomic E-state index is 12.5. The molecule has 0 saturated heterocycles. The van der Waals surface area contributed by atoms with Gasteiger partial charge in [0.1, 0.15) is 15.7 Å². The Kier molecular flexibility index (Phi) is 6.07. The average Bonchev–Trinajstić information content (AvgIpc) is 2.82. The molecule has 11 heteroatoms. The number of sulfonamides is 1. The fraction of sp³-hybridized carbons (Fsp3) is 0.286. The highest BCUT2D eigenvalue weighted by Gasteiger charge is 2.28. The van der Waals surface area contributed by atoms with Crippen molar-refractivity contribution >= 4 is 44.8 Å². The minimum Gasteiger partial charge on any atom is -0.395 e. The van der Waals surface area contributed by atoms with Gasteiger partial charge in [0.05, 0.1) is 11.6 Å². The number of halogens is 2. The summed E-state index contributed by atoms with van der Waals surface area (Å²) in [6.45, 7) is 1.12. The van der Waals surface area contributed by atoms with Crippen LogP contribution in [-0.2, 0) is 17.1 Å². The molecule has 0 aliphatic carbocycles. The van der Waals surface area contributed by atoms with Gasteiger partial charge in [-0.2, -0.15) is 0 Å². The SMILES string of the molecule is C[C@H](CO)NS(=O)(=O)c1cn(C)c(C(=O)Nc2ccnc(Cl)c2)c1Cl. The van der Waals surface area contributed by atoms with Gasteiger partial charge in [-0.3, -0.25) is 4.79 Å². The van der Waals surface area contributed by atoms with E-state index in [0.717, 1.165) is 0 Å². The predicted octanol–water partition coefficient (Wildman–Crippen LogP) is 1.64. The normalized spacial score (nSPS) is 12.8. The van der Waals surface area contributed by atoms with Crippen LogP contribution in [0.2, 0.25) is 10.2 Å². The van der Waals surface area contributed by atoms with Crippen molar-refractivity contribution in [1.29, 1.82) is 0 Å². The molecule has 0 bridgehead atoms. The number of carbonyl (C=O) groups excluding carboxylic acids is 1. The molecule has 2 aromatic rings. The van der Waals surface area contributed by atoms with Gasteiger partial charge in [0.15, 0.2) is 0 Å². The molecule has 2 heterocycles. The molecule has 0 aliphatic rings. The number of aryl methyl sites for hydroxylation is 1. The first-order valence-corrected chi connectivity index (χ1v) is 9.30. The summed E-state index contributed by atoms with van der Waals surface area (Å²) in [4.78, 5) is 16.0. The summed E-state index contributed by atoms with van der Waals surface area (Å²) in [5.41, 5.74) is 0.352. The molecule has 3 N–H and O–H groups in total. The molecule has 0 saturated carbocycles. The monoisotopic (exact) mass is 406 g/mol. The molecule has 0 aliphatic heterocycles. The van der Waals surface area contributed by atoms with Crippen LogP contribution in [0.5, 0.6) is 0 Å². The van der Waals surface area contributed by atoms with E-state index < -0.39 is 22.0 Å². The molecule has 1 atom stereocenters. The van der Waals surface area contributed by atoms with Gasteiger partial charge in [-0.25, -0.2) is 18.1 Å². The van der Waals surface area contributed by atoms with Crippen molar-refractivity contribution in [3.63, 3.8) is 0 Å². The van der Waals surface area contributed by atoms with Crippen LogP contribution in [0.4, 0.5) is 5.69 Å². The zero-order valence-corrected chi connectivity index (χ0v) is 15.7. The number of rotatable bonds is 6. The zero-order valence-electron chi connectivity index (χ0n) is 13.3. The molecular formula is C14H16Cl2N4O4S. The number of aromatic nitrogens is 2. The molecule has 136 valence electrons. The number of aliphatic hydroxyl groups excluding tert-OH is 1. The van der Waals surface area contributed by atoms with Crippen LogP contribution in [0, 0.1) is 0 Å². The Labute approximate surface area is 154 Å². The molecule has 1 amide bonds. The van der Waals surface area contributed by atoms with Gasteiger partial charge in [0.2, 0.25) is 10.0 Å². The third-order valence-electron chi connectivity index (χ3n) is 3.21. The second-order valence-electron chi connectivity index (χ2n) is 5.29. The fourth-order valence-electron chi connectivity index (χ4n) is 2.05. The van der Waals surface area contributed by atoms with E-state index in [1.807, 2.05) is 0 Å². The summed E-state index contributed by atoms with van der Waals surface area (Å²) >= 11 is 11.9. The molecule has 2 rings (SSSR count). The lowest BCUT2D eigenvalue weighted by Crippen LogP contribution is -2.35. The van der Waals surface area contributed by atoms with Crippen LogP contribution < -0.4 is 10.0 Å². The highest BCUT2D eigenvalue weighted by Crippen LogP contribution is 2.28. The van der Waals surface area contributed by atoms with Gasteiger partial charge in [-0.05, 0) is 19.1 Å². The Hall–Kier alpha value is -1.65. The summed E-state index contributed by atoms with van der Waals surface area (Å²) in [5.74, 6) is -0.605. The van der Waals surface area contributed by atoms with Crippen molar-refractivity contribution in [2.45, 2.75) is 17.9 Å². The summed E-state index contributed by atoms with van der Waals surface area (Å²) in [7, 11) is -2.50. The number of carbonyl (C=O) groups is 1. The second kappa shape index (κ2) is 7.71.